The van der Waals surface area contributed by atoms with Crippen molar-refractivity contribution in [3.8, 4) is 0 Å². The van der Waals surface area contributed by atoms with Crippen LogP contribution in [-0.4, -0.2) is 25.8 Å². The number of nitrogens with one attached hydrogen (secondary N) is 2. The molecule has 0 aliphatic carbocycles. The first-order chi connectivity index (χ1) is 11.3. The van der Waals surface area contributed by atoms with E-state index < -0.39 is 0 Å². The van der Waals surface area contributed by atoms with Crippen LogP contribution in [0, 0.1) is 0 Å². The molecule has 2 N–H and O–H groups in total. The Kier molecular flexibility index (Phi) is 5.31. The van der Waals surface area contributed by atoms with Crippen molar-refractivity contribution in [2.75, 3.05) is 19.8 Å². The first-order valence-electron chi connectivity index (χ1n) is 7.96. The number of ether oxygens (including phenoxy) is 1. The summed E-state index contributed by atoms with van der Waals surface area (Å²) in [6, 6.07) is 14.1. The number of carbonyl (C=O) groups is 1. The summed E-state index contributed by atoms with van der Waals surface area (Å²) < 4.78 is 5.51. The van der Waals surface area contributed by atoms with Gasteiger partial charge in [-0.25, -0.2) is 4.79 Å². The third-order valence-corrected chi connectivity index (χ3v) is 5.49. The average Bonchev–Trinajstić information content (AvgIpc) is 3.15. The van der Waals surface area contributed by atoms with Crippen LogP contribution in [0.4, 0.5) is 4.79 Å². The van der Waals surface area contributed by atoms with Gasteiger partial charge >= 0.3 is 6.03 Å². The fraction of sp³-hybridized carbons (Fsp3) is 0.389. The van der Waals surface area contributed by atoms with E-state index in [0.717, 1.165) is 31.6 Å². The van der Waals surface area contributed by atoms with Crippen LogP contribution in [0.15, 0.2) is 47.8 Å². The molecule has 1 aliphatic heterocycles. The minimum absolute atomic E-state index is 0.0104. The second-order valence-corrected chi connectivity index (χ2v) is 6.84. The van der Waals surface area contributed by atoms with Crippen molar-refractivity contribution in [3.05, 3.63) is 58.3 Å². The standard InChI is InChI=1S/C18H22N2O2S/c21-17(19-13-15-5-2-1-3-6-15)20-14-18(8-10-22-11-9-18)16-7-4-12-23-16/h1-7,12H,8-11,13-14H2,(H2,19,20,21). The third-order valence-electron chi connectivity index (χ3n) is 4.38. The van der Waals surface area contributed by atoms with E-state index in [1.54, 1.807) is 11.3 Å². The maximum Gasteiger partial charge on any atom is 0.315 e. The Morgan fingerprint density at radius 1 is 1.09 bits per heavy atom. The maximum absolute atomic E-state index is 12.1. The van der Waals surface area contributed by atoms with Gasteiger partial charge in [0, 0.05) is 36.6 Å². The van der Waals surface area contributed by atoms with E-state index in [4.69, 9.17) is 4.74 Å². The normalized spacial score (nSPS) is 16.7. The smallest absolute Gasteiger partial charge is 0.315 e. The van der Waals surface area contributed by atoms with Gasteiger partial charge in [-0.1, -0.05) is 36.4 Å². The Morgan fingerprint density at radius 3 is 2.57 bits per heavy atom. The van der Waals surface area contributed by atoms with Gasteiger partial charge in [0.1, 0.15) is 0 Å². The lowest BCUT2D eigenvalue weighted by Gasteiger charge is -2.36. The molecule has 1 fully saturated rings. The lowest BCUT2D eigenvalue weighted by Crippen LogP contribution is -2.46. The summed E-state index contributed by atoms with van der Waals surface area (Å²) in [6.07, 6.45) is 1.90. The summed E-state index contributed by atoms with van der Waals surface area (Å²) in [5.41, 5.74) is 1.11. The monoisotopic (exact) mass is 330 g/mol. The van der Waals surface area contributed by atoms with Crippen LogP contribution in [0.25, 0.3) is 0 Å². The van der Waals surface area contributed by atoms with Gasteiger partial charge in [0.05, 0.1) is 0 Å². The Balaban J connectivity index is 1.55. The molecule has 0 unspecified atom stereocenters. The summed E-state index contributed by atoms with van der Waals surface area (Å²) in [5, 5.41) is 8.08. The number of hydrogen-bond acceptors (Lipinski definition) is 3. The first-order valence-corrected chi connectivity index (χ1v) is 8.84. The van der Waals surface area contributed by atoms with E-state index in [0.29, 0.717) is 13.1 Å². The number of benzene rings is 1. The van der Waals surface area contributed by atoms with Crippen LogP contribution >= 0.6 is 11.3 Å². The molecule has 3 rings (SSSR count). The van der Waals surface area contributed by atoms with E-state index in [9.17, 15) is 4.79 Å². The average molecular weight is 330 g/mol. The van der Waals surface area contributed by atoms with Gasteiger partial charge in [-0.3, -0.25) is 0 Å². The number of amides is 2. The Hall–Kier alpha value is -1.85. The largest absolute Gasteiger partial charge is 0.381 e. The molecule has 5 heteroatoms. The maximum atomic E-state index is 12.1. The lowest BCUT2D eigenvalue weighted by molar-refractivity contribution is 0.0519. The minimum atomic E-state index is -0.115. The van der Waals surface area contributed by atoms with E-state index in [1.807, 2.05) is 30.3 Å². The molecule has 23 heavy (non-hydrogen) atoms. The SMILES string of the molecule is O=C(NCc1ccccc1)NCC1(c2cccs2)CCOCC1. The molecule has 122 valence electrons. The zero-order valence-electron chi connectivity index (χ0n) is 13.1. The molecule has 1 aromatic carbocycles. The van der Waals surface area contributed by atoms with E-state index >= 15 is 0 Å². The summed E-state index contributed by atoms with van der Waals surface area (Å²) in [4.78, 5) is 13.5. The Morgan fingerprint density at radius 2 is 1.87 bits per heavy atom. The third kappa shape index (κ3) is 4.12. The molecular formula is C18H22N2O2S. The molecule has 1 aromatic heterocycles. The number of urea groups is 1. The van der Waals surface area contributed by atoms with Gasteiger partial charge in [-0.15, -0.1) is 11.3 Å². The Bertz CT molecular complexity index is 607. The fourth-order valence-corrected chi connectivity index (χ4v) is 3.93. The lowest BCUT2D eigenvalue weighted by atomic mass is 9.78. The van der Waals surface area contributed by atoms with Crippen LogP contribution in [0.3, 0.4) is 0 Å². The molecule has 0 saturated carbocycles. The molecular weight excluding hydrogens is 308 g/mol. The highest BCUT2D eigenvalue weighted by atomic mass is 32.1. The van der Waals surface area contributed by atoms with E-state index in [-0.39, 0.29) is 11.4 Å². The minimum Gasteiger partial charge on any atom is -0.381 e. The number of hydrogen-bond donors (Lipinski definition) is 2. The highest BCUT2D eigenvalue weighted by Crippen LogP contribution is 2.36. The zero-order valence-corrected chi connectivity index (χ0v) is 13.9. The molecule has 1 aliphatic rings. The van der Waals surface area contributed by atoms with Crippen LogP contribution in [-0.2, 0) is 16.7 Å². The van der Waals surface area contributed by atoms with Crippen molar-refractivity contribution >= 4 is 17.4 Å². The van der Waals surface area contributed by atoms with Gasteiger partial charge in [0.25, 0.3) is 0 Å². The van der Waals surface area contributed by atoms with E-state index in [1.165, 1.54) is 4.88 Å². The molecule has 0 spiro atoms. The van der Waals surface area contributed by atoms with Crippen molar-refractivity contribution < 1.29 is 9.53 Å². The topological polar surface area (TPSA) is 50.4 Å². The van der Waals surface area contributed by atoms with Crippen LogP contribution in [0.1, 0.15) is 23.3 Å². The summed E-state index contributed by atoms with van der Waals surface area (Å²) in [6.45, 7) is 2.70. The molecule has 2 heterocycles. The molecule has 1 saturated heterocycles. The van der Waals surface area contributed by atoms with Crippen LogP contribution in [0.5, 0.6) is 0 Å². The highest BCUT2D eigenvalue weighted by molar-refractivity contribution is 7.10. The zero-order chi connectivity index (χ0) is 16.0. The molecule has 2 amide bonds. The van der Waals surface area contributed by atoms with Crippen molar-refractivity contribution in [3.63, 3.8) is 0 Å². The molecule has 4 nitrogen and oxygen atoms in total. The van der Waals surface area contributed by atoms with Crippen molar-refractivity contribution in [2.45, 2.75) is 24.8 Å². The fourth-order valence-electron chi connectivity index (χ4n) is 2.94. The van der Waals surface area contributed by atoms with Gasteiger partial charge < -0.3 is 15.4 Å². The first kappa shape index (κ1) is 16.0. The second kappa shape index (κ2) is 7.62. The predicted molar refractivity (Wildman–Crippen MR) is 92.7 cm³/mol. The van der Waals surface area contributed by atoms with Crippen molar-refractivity contribution in [1.29, 1.82) is 0 Å². The quantitative estimate of drug-likeness (QED) is 0.884. The number of thiophene rings is 1. The van der Waals surface area contributed by atoms with Crippen molar-refractivity contribution in [1.82, 2.24) is 10.6 Å². The molecule has 0 atom stereocenters. The van der Waals surface area contributed by atoms with Crippen LogP contribution in [0.2, 0.25) is 0 Å². The van der Waals surface area contributed by atoms with Gasteiger partial charge in [0.15, 0.2) is 0 Å². The summed E-state index contributed by atoms with van der Waals surface area (Å²) in [7, 11) is 0. The highest BCUT2D eigenvalue weighted by Gasteiger charge is 2.35. The van der Waals surface area contributed by atoms with Crippen molar-refractivity contribution in [2.24, 2.45) is 0 Å². The van der Waals surface area contributed by atoms with Gasteiger partial charge in [-0.2, -0.15) is 0 Å². The van der Waals surface area contributed by atoms with E-state index in [2.05, 4.69) is 28.1 Å². The molecule has 2 aromatic rings. The number of rotatable bonds is 5. The molecule has 0 bridgehead atoms. The summed E-state index contributed by atoms with van der Waals surface area (Å²) >= 11 is 1.76. The number of carbonyl (C=O) groups excluding carboxylic acids is 1. The van der Waals surface area contributed by atoms with Crippen LogP contribution < -0.4 is 10.6 Å². The van der Waals surface area contributed by atoms with Gasteiger partial charge in [0.2, 0.25) is 0 Å². The molecule has 0 radical (unpaired) electrons. The Labute approximate surface area is 140 Å². The predicted octanol–water partition coefficient (Wildman–Crippen LogP) is 3.30. The summed E-state index contributed by atoms with van der Waals surface area (Å²) in [5.74, 6) is 0. The second-order valence-electron chi connectivity index (χ2n) is 5.89. The van der Waals surface area contributed by atoms with Gasteiger partial charge in [-0.05, 0) is 29.9 Å².